The van der Waals surface area contributed by atoms with Crippen molar-refractivity contribution in [2.45, 2.75) is 58.5 Å². The molecule has 136 valence electrons. The number of hydrogen-bond acceptors (Lipinski definition) is 4. The van der Waals surface area contributed by atoms with E-state index in [0.29, 0.717) is 24.7 Å². The lowest BCUT2D eigenvalue weighted by Crippen LogP contribution is -2.56. The minimum atomic E-state index is -0.471. The van der Waals surface area contributed by atoms with Gasteiger partial charge in [-0.15, -0.1) is 0 Å². The number of rotatable bonds is 2. The van der Waals surface area contributed by atoms with Gasteiger partial charge in [0.15, 0.2) is 11.6 Å². The summed E-state index contributed by atoms with van der Waals surface area (Å²) in [5, 5.41) is 20.5. The van der Waals surface area contributed by atoms with Crippen molar-refractivity contribution in [1.29, 1.82) is 0 Å². The van der Waals surface area contributed by atoms with Gasteiger partial charge in [0.25, 0.3) is 0 Å². The third-order valence-electron chi connectivity index (χ3n) is 7.92. The highest BCUT2D eigenvalue weighted by Gasteiger charge is 2.60. The fraction of sp³-hybridized carbons (Fsp3) is 0.714. The van der Waals surface area contributed by atoms with Crippen molar-refractivity contribution in [3.8, 4) is 0 Å². The molecule has 2 N–H and O–H groups in total. The number of allylic oxidation sites excluding steroid dienone is 3. The molecule has 0 aromatic carbocycles. The van der Waals surface area contributed by atoms with Crippen LogP contribution in [0, 0.1) is 28.6 Å². The Morgan fingerprint density at radius 1 is 1.28 bits per heavy atom. The van der Waals surface area contributed by atoms with E-state index < -0.39 is 12.7 Å². The Kier molecular flexibility index (Phi) is 3.86. The van der Waals surface area contributed by atoms with Crippen LogP contribution in [0.15, 0.2) is 23.3 Å². The highest BCUT2D eigenvalue weighted by Crippen LogP contribution is 2.65. The number of carbonyl (C=O) groups is 2. The summed E-state index contributed by atoms with van der Waals surface area (Å²) in [5.41, 5.74) is 1.53. The zero-order valence-corrected chi connectivity index (χ0v) is 15.1. The lowest BCUT2D eigenvalue weighted by atomic mass is 9.46. The predicted molar refractivity (Wildman–Crippen MR) is 93.7 cm³/mol. The first-order valence-corrected chi connectivity index (χ1v) is 9.58. The molecule has 4 rings (SSSR count). The molecule has 2 fully saturated rings. The smallest absolute Gasteiger partial charge is 0.184 e. The van der Waals surface area contributed by atoms with Gasteiger partial charge in [-0.1, -0.05) is 25.5 Å². The first kappa shape index (κ1) is 17.2. The quantitative estimate of drug-likeness (QED) is 0.807. The first-order valence-electron chi connectivity index (χ1n) is 9.58. The van der Waals surface area contributed by atoms with E-state index in [4.69, 9.17) is 0 Å². The molecular weight excluding hydrogens is 316 g/mol. The van der Waals surface area contributed by atoms with Crippen LogP contribution in [-0.2, 0) is 9.59 Å². The molecule has 4 heteroatoms. The second-order valence-corrected chi connectivity index (χ2v) is 9.01. The SMILES string of the molecule is CC12CC(O)C3C(CCC4=CC(=O)CCC43C)C1CC=C2C(=O)CO. The Labute approximate surface area is 149 Å². The van der Waals surface area contributed by atoms with E-state index >= 15 is 0 Å². The number of Topliss-reactive ketones (excluding diaryl/α,β-unsaturated/α-hetero) is 1. The standard InChI is InChI=1S/C21H28O4/c1-20-8-7-13(23)9-12(20)3-4-14-15-5-6-16(18(25)11-22)21(15,2)10-17(24)19(14)20/h6,9,14-15,17,19,22,24H,3-5,7-8,10-11H2,1-2H3. The largest absolute Gasteiger partial charge is 0.393 e. The van der Waals surface area contributed by atoms with Crippen LogP contribution in [0.3, 0.4) is 0 Å². The van der Waals surface area contributed by atoms with Crippen LogP contribution in [0.2, 0.25) is 0 Å². The monoisotopic (exact) mass is 344 g/mol. The molecule has 4 aliphatic carbocycles. The molecule has 0 aromatic rings. The summed E-state index contributed by atoms with van der Waals surface area (Å²) < 4.78 is 0. The molecule has 0 amide bonds. The summed E-state index contributed by atoms with van der Waals surface area (Å²) >= 11 is 0. The molecule has 6 unspecified atom stereocenters. The second kappa shape index (κ2) is 5.62. The summed E-state index contributed by atoms with van der Waals surface area (Å²) in [5.74, 6) is 0.906. The van der Waals surface area contributed by atoms with Gasteiger partial charge in [-0.3, -0.25) is 9.59 Å². The Morgan fingerprint density at radius 2 is 2.04 bits per heavy atom. The summed E-state index contributed by atoms with van der Waals surface area (Å²) in [6, 6.07) is 0. The zero-order valence-electron chi connectivity index (χ0n) is 15.1. The van der Waals surface area contributed by atoms with Crippen molar-refractivity contribution in [2.75, 3.05) is 6.61 Å². The Morgan fingerprint density at radius 3 is 2.76 bits per heavy atom. The minimum Gasteiger partial charge on any atom is -0.393 e. The van der Waals surface area contributed by atoms with Gasteiger partial charge in [0, 0.05) is 11.8 Å². The molecule has 0 spiro atoms. The highest BCUT2D eigenvalue weighted by molar-refractivity contribution is 5.98. The van der Waals surface area contributed by atoms with Gasteiger partial charge in [0.2, 0.25) is 0 Å². The number of ketones is 2. The fourth-order valence-corrected chi connectivity index (χ4v) is 6.77. The maximum Gasteiger partial charge on any atom is 0.184 e. The second-order valence-electron chi connectivity index (χ2n) is 9.01. The van der Waals surface area contributed by atoms with E-state index in [9.17, 15) is 19.8 Å². The number of fused-ring (bicyclic) bond motifs is 5. The van der Waals surface area contributed by atoms with Crippen LogP contribution in [0.25, 0.3) is 0 Å². The van der Waals surface area contributed by atoms with Crippen LogP contribution in [-0.4, -0.2) is 34.5 Å². The maximum absolute atomic E-state index is 12.2. The minimum absolute atomic E-state index is 0.0959. The Hall–Kier alpha value is -1.26. The predicted octanol–water partition coefficient (Wildman–Crippen LogP) is 2.59. The molecule has 0 saturated heterocycles. The van der Waals surface area contributed by atoms with Crippen molar-refractivity contribution in [3.63, 3.8) is 0 Å². The van der Waals surface area contributed by atoms with Gasteiger partial charge in [0.05, 0.1) is 6.10 Å². The van der Waals surface area contributed by atoms with E-state index in [1.54, 1.807) is 0 Å². The molecule has 6 atom stereocenters. The molecular formula is C21H28O4. The van der Waals surface area contributed by atoms with E-state index in [2.05, 4.69) is 13.8 Å². The van der Waals surface area contributed by atoms with E-state index in [1.807, 2.05) is 12.2 Å². The zero-order chi connectivity index (χ0) is 18.0. The normalized spacial score (nSPS) is 45.8. The molecule has 0 radical (unpaired) electrons. The maximum atomic E-state index is 12.2. The van der Waals surface area contributed by atoms with Crippen LogP contribution in [0.1, 0.15) is 52.4 Å². The summed E-state index contributed by atoms with van der Waals surface area (Å²) in [6.07, 6.45) is 8.12. The molecule has 4 aliphatic rings. The topological polar surface area (TPSA) is 74.6 Å². The van der Waals surface area contributed by atoms with E-state index in [-0.39, 0.29) is 28.3 Å². The van der Waals surface area contributed by atoms with Gasteiger partial charge in [0.1, 0.15) is 6.61 Å². The molecule has 0 bridgehead atoms. The molecule has 0 aliphatic heterocycles. The molecule has 2 saturated carbocycles. The average Bonchev–Trinajstić information content (AvgIpc) is 2.91. The number of aliphatic hydroxyl groups excluding tert-OH is 2. The average molecular weight is 344 g/mol. The fourth-order valence-electron chi connectivity index (χ4n) is 6.77. The summed E-state index contributed by atoms with van der Waals surface area (Å²) in [6.45, 7) is 3.88. The summed E-state index contributed by atoms with van der Waals surface area (Å²) in [7, 11) is 0. The summed E-state index contributed by atoms with van der Waals surface area (Å²) in [4.78, 5) is 24.1. The third kappa shape index (κ3) is 2.26. The lowest BCUT2D eigenvalue weighted by Gasteiger charge is -2.59. The molecule has 0 heterocycles. The van der Waals surface area contributed by atoms with Crippen LogP contribution < -0.4 is 0 Å². The molecule has 25 heavy (non-hydrogen) atoms. The van der Waals surface area contributed by atoms with Crippen LogP contribution in [0.4, 0.5) is 0 Å². The molecule has 0 aromatic heterocycles. The highest BCUT2D eigenvalue weighted by atomic mass is 16.3. The van der Waals surface area contributed by atoms with Gasteiger partial charge >= 0.3 is 0 Å². The van der Waals surface area contributed by atoms with Crippen molar-refractivity contribution in [1.82, 2.24) is 0 Å². The van der Waals surface area contributed by atoms with Crippen molar-refractivity contribution >= 4 is 11.6 Å². The number of aliphatic hydroxyl groups is 2. The lowest BCUT2D eigenvalue weighted by molar-refractivity contribution is -0.130. The van der Waals surface area contributed by atoms with Gasteiger partial charge in [-0.05, 0) is 66.9 Å². The Balaban J connectivity index is 1.71. The number of carbonyl (C=O) groups excluding carboxylic acids is 2. The van der Waals surface area contributed by atoms with Crippen LogP contribution in [0.5, 0.6) is 0 Å². The number of hydrogen-bond donors (Lipinski definition) is 2. The first-order chi connectivity index (χ1) is 11.8. The Bertz CT molecular complexity index is 690. The van der Waals surface area contributed by atoms with E-state index in [0.717, 1.165) is 31.3 Å². The van der Waals surface area contributed by atoms with Crippen LogP contribution >= 0.6 is 0 Å². The van der Waals surface area contributed by atoms with E-state index in [1.165, 1.54) is 5.57 Å². The van der Waals surface area contributed by atoms with Gasteiger partial charge < -0.3 is 10.2 Å². The van der Waals surface area contributed by atoms with Gasteiger partial charge in [-0.2, -0.15) is 0 Å². The van der Waals surface area contributed by atoms with Crippen molar-refractivity contribution < 1.29 is 19.8 Å². The molecule has 4 nitrogen and oxygen atoms in total. The van der Waals surface area contributed by atoms with Crippen molar-refractivity contribution in [3.05, 3.63) is 23.3 Å². The van der Waals surface area contributed by atoms with Gasteiger partial charge in [-0.25, -0.2) is 0 Å². The van der Waals surface area contributed by atoms with Crippen molar-refractivity contribution in [2.24, 2.45) is 28.6 Å². The third-order valence-corrected chi connectivity index (χ3v) is 7.92.